The number of hydrogen-bond acceptors (Lipinski definition) is 1. The maximum atomic E-state index is 14.2. The molecule has 5 aromatic carbocycles. The van der Waals surface area contributed by atoms with E-state index in [1.54, 1.807) is 12.4 Å². The Morgan fingerprint density at radius 1 is 0.366 bits per heavy atom. The Kier molecular flexibility index (Phi) is 14.7. The lowest BCUT2D eigenvalue weighted by Crippen LogP contribution is -2.75. The van der Waals surface area contributed by atoms with E-state index in [4.69, 9.17) is 0 Å². The normalized spacial score (nSPS) is 13.5. The number of benzene rings is 5. The Morgan fingerprint density at radius 2 is 0.606 bits per heavy atom. The zero-order valence-electron chi connectivity index (χ0n) is 34.3. The molecular formula is C43H23BF24N2O. The summed E-state index contributed by atoms with van der Waals surface area (Å²) in [6, 6.07) is 1.22. The Labute approximate surface area is 380 Å². The molecular weight excluding hydrogens is 1030 g/mol. The van der Waals surface area contributed by atoms with Crippen molar-refractivity contribution in [2.24, 2.45) is 0 Å². The van der Waals surface area contributed by atoms with Gasteiger partial charge < -0.3 is 4.98 Å². The summed E-state index contributed by atoms with van der Waals surface area (Å²) in [5.74, 6) is 0. The second-order valence-electron chi connectivity index (χ2n) is 15.3. The Morgan fingerprint density at radius 3 is 0.817 bits per heavy atom. The number of nitrogens with one attached hydrogen (secondary N) is 1. The molecule has 0 aliphatic heterocycles. The van der Waals surface area contributed by atoms with Crippen molar-refractivity contribution in [3.63, 3.8) is 0 Å². The third-order valence-electron chi connectivity index (χ3n) is 10.4. The summed E-state index contributed by atoms with van der Waals surface area (Å²) in [4.78, 5) is 13.6. The lowest BCUT2D eigenvalue weighted by atomic mass is 9.12. The van der Waals surface area contributed by atoms with Crippen LogP contribution in [0.15, 0.2) is 127 Å². The van der Waals surface area contributed by atoms with Crippen LogP contribution in [0.2, 0.25) is 0 Å². The molecule has 382 valence electrons. The number of alkyl halides is 24. The molecule has 0 saturated heterocycles. The molecule has 0 aliphatic carbocycles. The van der Waals surface area contributed by atoms with Crippen LogP contribution < -0.4 is 32.0 Å². The van der Waals surface area contributed by atoms with E-state index in [0.29, 0.717) is 0 Å². The zero-order chi connectivity index (χ0) is 53.7. The van der Waals surface area contributed by atoms with Crippen molar-refractivity contribution in [2.45, 2.75) is 56.0 Å². The van der Waals surface area contributed by atoms with Crippen molar-refractivity contribution in [1.82, 2.24) is 4.98 Å². The van der Waals surface area contributed by atoms with Gasteiger partial charge in [0, 0.05) is 5.56 Å². The number of H-pyrrole nitrogens is 1. The van der Waals surface area contributed by atoms with Crippen molar-refractivity contribution >= 4 is 28.0 Å². The van der Waals surface area contributed by atoms with E-state index < -0.39 is 195 Å². The lowest BCUT2D eigenvalue weighted by Gasteiger charge is -2.46. The predicted octanol–water partition coefficient (Wildman–Crippen LogP) is 11.9. The van der Waals surface area contributed by atoms with Crippen molar-refractivity contribution in [2.75, 3.05) is 0 Å². The predicted molar refractivity (Wildman–Crippen MR) is 203 cm³/mol. The highest BCUT2D eigenvalue weighted by Crippen LogP contribution is 2.41. The van der Waals surface area contributed by atoms with Gasteiger partial charge in [0.05, 0.1) is 50.7 Å². The number of rotatable bonds is 6. The molecule has 1 N–H and O–H groups in total. The van der Waals surface area contributed by atoms with Crippen molar-refractivity contribution in [3.05, 3.63) is 182 Å². The van der Waals surface area contributed by atoms with Crippen LogP contribution in [0.25, 0.3) is 0 Å². The first kappa shape index (κ1) is 55.3. The molecule has 71 heavy (non-hydrogen) atoms. The second-order valence-corrected chi connectivity index (χ2v) is 15.3. The lowest BCUT2D eigenvalue weighted by molar-refractivity contribution is -0.689. The van der Waals surface area contributed by atoms with E-state index in [1.165, 1.54) is 5.56 Å². The maximum Gasteiger partial charge on any atom is 0.416 e. The highest BCUT2D eigenvalue weighted by molar-refractivity contribution is 7.20. The minimum Gasteiger partial charge on any atom is -0.318 e. The van der Waals surface area contributed by atoms with Crippen molar-refractivity contribution < 1.29 is 110 Å². The third kappa shape index (κ3) is 13.0. The first-order chi connectivity index (χ1) is 32.1. The van der Waals surface area contributed by atoms with Gasteiger partial charge in [0.2, 0.25) is 6.20 Å². The summed E-state index contributed by atoms with van der Waals surface area (Å²) in [7, 11) is 0. The molecule has 28 heteroatoms. The van der Waals surface area contributed by atoms with Gasteiger partial charge in [-0.1, -0.05) is 78.9 Å². The number of aromatic amines is 1. The third-order valence-corrected chi connectivity index (χ3v) is 10.4. The van der Waals surface area contributed by atoms with E-state index in [0.717, 1.165) is 6.54 Å². The number of nitrogens with zero attached hydrogens (tertiary/aromatic N) is 1. The minimum absolute atomic E-state index is 0.0802. The summed E-state index contributed by atoms with van der Waals surface area (Å²) in [5, 5.41) is 0. The van der Waals surface area contributed by atoms with E-state index in [-0.39, 0.29) is 5.56 Å². The fourth-order valence-corrected chi connectivity index (χ4v) is 7.41. The highest BCUT2D eigenvalue weighted by Gasteiger charge is 2.47. The second kappa shape index (κ2) is 18.8. The van der Waals surface area contributed by atoms with Gasteiger partial charge in [0.25, 0.3) is 0 Å². The van der Waals surface area contributed by atoms with Gasteiger partial charge in [-0.3, -0.25) is 4.79 Å². The molecule has 6 aromatic rings. The molecule has 3 nitrogen and oxygen atoms in total. The number of hydrogen-bond donors (Lipinski definition) is 1. The van der Waals surface area contributed by atoms with E-state index in [1.807, 2.05) is 41.1 Å². The van der Waals surface area contributed by atoms with Crippen LogP contribution in [0.3, 0.4) is 0 Å². The van der Waals surface area contributed by atoms with Crippen molar-refractivity contribution in [3.8, 4) is 0 Å². The molecule has 0 bridgehead atoms. The summed E-state index contributed by atoms with van der Waals surface area (Å²) in [6.07, 6.45) is -49.8. The quantitative estimate of drug-likeness (QED) is 0.101. The molecule has 0 unspecified atom stereocenters. The zero-order valence-corrected chi connectivity index (χ0v) is 34.3. The number of aromatic nitrogens is 2. The fourth-order valence-electron chi connectivity index (χ4n) is 7.41. The molecule has 6 rings (SSSR count). The average molecular weight is 1050 g/mol. The largest absolute Gasteiger partial charge is 0.416 e. The molecule has 0 spiro atoms. The standard InChI is InChI=1S/C32H12BF24.C11H10N2O/c34-25(35,36)13-1-14(26(37,38)39)6-21(5-13)33(22-7-15(27(40,41)42)2-16(8-22)28(43,44)45,23-9-17(29(46,47)48)3-18(10-23)30(49,50)51)24-11-19(31(52,53)54)4-20(12-24)32(55,56)57;14-11-9-13(7-6-12-11)8-10-4-2-1-3-5-10/h1-12H;1-7,9H,8H2/q-1;/p+1. The monoisotopic (exact) mass is 1050 g/mol. The van der Waals surface area contributed by atoms with Gasteiger partial charge in [-0.2, -0.15) is 132 Å². The minimum atomic E-state index is -6.13. The van der Waals surface area contributed by atoms with Crippen LogP contribution in [-0.4, -0.2) is 11.1 Å². The topological polar surface area (TPSA) is 36.7 Å². The molecule has 0 amide bonds. The van der Waals surface area contributed by atoms with E-state index >= 15 is 0 Å². The van der Waals surface area contributed by atoms with Gasteiger partial charge in [-0.05, 0) is 24.3 Å². The summed E-state index contributed by atoms with van der Waals surface area (Å²) >= 11 is 0. The molecule has 1 heterocycles. The van der Waals surface area contributed by atoms with Gasteiger partial charge in [-0.25, -0.2) is 0 Å². The fraction of sp³-hybridized carbons (Fsp3) is 0.209. The van der Waals surface area contributed by atoms with Crippen LogP contribution >= 0.6 is 0 Å². The van der Waals surface area contributed by atoms with Gasteiger partial charge in [-0.15, -0.1) is 0 Å². The highest BCUT2D eigenvalue weighted by atomic mass is 19.4. The first-order valence-electron chi connectivity index (χ1n) is 19.1. The van der Waals surface area contributed by atoms with Gasteiger partial charge in [0.1, 0.15) is 6.15 Å². The molecule has 0 saturated carbocycles. The molecule has 0 radical (unpaired) electrons. The number of halogens is 24. The van der Waals surface area contributed by atoms with Gasteiger partial charge >= 0.3 is 55.0 Å². The van der Waals surface area contributed by atoms with E-state index in [9.17, 15) is 110 Å². The molecule has 1 aromatic heterocycles. The molecule has 0 fully saturated rings. The molecule has 0 aliphatic rings. The van der Waals surface area contributed by atoms with E-state index in [2.05, 4.69) is 4.98 Å². The van der Waals surface area contributed by atoms with Crippen molar-refractivity contribution in [1.29, 1.82) is 0 Å². The first-order valence-corrected chi connectivity index (χ1v) is 19.1. The summed E-state index contributed by atoms with van der Waals surface area (Å²) in [6.45, 7) is 0.727. The summed E-state index contributed by atoms with van der Waals surface area (Å²) < 4.78 is 343. The summed E-state index contributed by atoms with van der Waals surface area (Å²) in [5.41, 5.74) is -29.1. The Hall–Kier alpha value is -6.64. The Bertz CT molecular complexity index is 2480. The average Bonchev–Trinajstić information content (AvgIpc) is 3.22. The van der Waals surface area contributed by atoms with Gasteiger partial charge in [0.15, 0.2) is 12.7 Å². The van der Waals surface area contributed by atoms with Crippen LogP contribution in [-0.2, 0) is 56.0 Å². The SMILES string of the molecule is FC(F)(F)c1cc([B-](c2cc(C(F)(F)F)cc(C(F)(F)F)c2)(c2cc(C(F)(F)F)cc(C(F)(F)F)c2)c2cc(C(F)(F)F)cc(C(F)(F)F)c2)cc(C(F)(F)F)c1.O=c1c[n+](Cc2ccccc2)cc[nH]1. The smallest absolute Gasteiger partial charge is 0.318 e. The van der Waals surface area contributed by atoms with Crippen LogP contribution in [0.5, 0.6) is 0 Å². The molecule has 0 atom stereocenters. The Balaban J connectivity index is 0.000000569. The van der Waals surface area contributed by atoms with Crippen LogP contribution in [0.1, 0.15) is 50.1 Å². The van der Waals surface area contributed by atoms with Crippen LogP contribution in [0, 0.1) is 0 Å². The van der Waals surface area contributed by atoms with Crippen LogP contribution in [0.4, 0.5) is 105 Å². The maximum absolute atomic E-state index is 14.2.